The summed E-state index contributed by atoms with van der Waals surface area (Å²) in [4.78, 5) is 3.92. The van der Waals surface area contributed by atoms with Crippen LogP contribution in [0.3, 0.4) is 0 Å². The Kier molecular flexibility index (Phi) is 4.64. The van der Waals surface area contributed by atoms with Gasteiger partial charge in [-0.25, -0.2) is 0 Å². The second kappa shape index (κ2) is 4.37. The van der Waals surface area contributed by atoms with Gasteiger partial charge in [-0.3, -0.25) is 0 Å². The summed E-state index contributed by atoms with van der Waals surface area (Å²) in [5.74, 6) is 0. The average Bonchev–Trinajstić information content (AvgIpc) is 1.77. The van der Waals surface area contributed by atoms with Gasteiger partial charge in [0.2, 0.25) is 0 Å². The molecule has 0 aliphatic carbocycles. The third-order valence-corrected chi connectivity index (χ3v) is 3.95. The predicted octanol–water partition coefficient (Wildman–Crippen LogP) is 1.44. The summed E-state index contributed by atoms with van der Waals surface area (Å²) in [6.45, 7) is 0. The van der Waals surface area contributed by atoms with Crippen molar-refractivity contribution in [3.63, 3.8) is 0 Å². The van der Waals surface area contributed by atoms with E-state index in [1.807, 2.05) is 18.5 Å². The Balaban J connectivity index is 0.000000640. The molecule has 0 fully saturated rings. The van der Waals surface area contributed by atoms with Crippen molar-refractivity contribution in [2.45, 2.75) is 0 Å². The van der Waals surface area contributed by atoms with Crippen molar-refractivity contribution < 1.29 is 18.3 Å². The molecule has 0 spiro atoms. The maximum atomic E-state index is 3.92. The van der Waals surface area contributed by atoms with Gasteiger partial charge in [-0.2, -0.15) is 0 Å². The molecule has 1 aromatic rings. The molecule has 1 heterocycles. The zero-order valence-corrected chi connectivity index (χ0v) is 10.0. The fourth-order valence-electron chi connectivity index (χ4n) is 0.404. The van der Waals surface area contributed by atoms with Crippen LogP contribution in [0.15, 0.2) is 22.9 Å². The second-order valence-corrected chi connectivity index (χ2v) is 3.92. The quantitative estimate of drug-likeness (QED) is 0.642. The molecule has 0 saturated carbocycles. The van der Waals surface area contributed by atoms with Crippen LogP contribution in [-0.2, 0) is 18.3 Å². The Morgan fingerprint density at radius 1 is 1.56 bits per heavy atom. The Labute approximate surface area is 78.5 Å². The van der Waals surface area contributed by atoms with Crippen LogP contribution in [0, 0.1) is 0 Å². The van der Waals surface area contributed by atoms with Crippen LogP contribution >= 0.6 is 28.3 Å². The molecule has 0 atom stereocenters. The van der Waals surface area contributed by atoms with E-state index in [9.17, 15) is 0 Å². The fraction of sp³-hybridized carbons (Fsp3) is 0. The van der Waals surface area contributed by atoms with Gasteiger partial charge in [0.1, 0.15) is 0 Å². The third-order valence-electron chi connectivity index (χ3n) is 0.856. The number of pyridine rings is 1. The normalized spacial score (nSPS) is 8.33. The summed E-state index contributed by atoms with van der Waals surface area (Å²) in [6.07, 6.45) is 3.63. The minimum absolute atomic E-state index is 0. The molecule has 0 amide bonds. The van der Waals surface area contributed by atoms with E-state index in [1.54, 1.807) is 0 Å². The van der Waals surface area contributed by atoms with E-state index in [-0.39, 0.29) is 12.4 Å². The first kappa shape index (κ1) is 9.54. The Bertz CT molecular complexity index is 173. The molecule has 9 heavy (non-hydrogen) atoms. The van der Waals surface area contributed by atoms with E-state index in [0.29, 0.717) is 0 Å². The number of nitrogens with zero attached hydrogens (tertiary/aromatic N) is 1. The summed E-state index contributed by atoms with van der Waals surface area (Å²) < 4.78 is 2.47. The van der Waals surface area contributed by atoms with E-state index in [4.69, 9.17) is 0 Å². The Hall–Kier alpha value is 0.543. The summed E-state index contributed by atoms with van der Waals surface area (Å²) in [5, 5.41) is 0. The number of hydrogen-bond acceptors (Lipinski definition) is 1. The van der Waals surface area contributed by atoms with Gasteiger partial charge in [-0.15, -0.1) is 12.4 Å². The predicted molar refractivity (Wildman–Crippen MR) is 38.8 cm³/mol. The number of halogens is 2. The fourth-order valence-corrected chi connectivity index (χ4v) is 1.07. The number of hydrogen-bond donors (Lipinski definition) is 0. The average molecular weight is 259 g/mol. The molecule has 0 aliphatic rings. The van der Waals surface area contributed by atoms with E-state index < -0.39 is 0 Å². The summed E-state index contributed by atoms with van der Waals surface area (Å²) in [7, 11) is 0. The van der Waals surface area contributed by atoms with E-state index in [2.05, 4.69) is 20.9 Å². The third kappa shape index (κ3) is 2.75. The van der Waals surface area contributed by atoms with Gasteiger partial charge in [0, 0.05) is 0 Å². The van der Waals surface area contributed by atoms with Gasteiger partial charge in [-0.1, -0.05) is 0 Å². The van der Waals surface area contributed by atoms with Crippen molar-refractivity contribution >= 4 is 32.5 Å². The van der Waals surface area contributed by atoms with E-state index in [0.717, 1.165) is 4.47 Å². The van der Waals surface area contributed by atoms with Crippen molar-refractivity contribution in [3.05, 3.63) is 22.9 Å². The molecule has 0 saturated heterocycles. The molecule has 4 heteroatoms. The van der Waals surface area contributed by atoms with Crippen LogP contribution < -0.4 is 4.16 Å². The molecule has 45 valence electrons. The molecule has 0 unspecified atom stereocenters. The topological polar surface area (TPSA) is 12.9 Å². The second-order valence-electron chi connectivity index (χ2n) is 1.47. The molecular formula is C5H4BrClNZn. The summed E-state index contributed by atoms with van der Waals surface area (Å²) in [6, 6.07) is 2.02. The number of rotatable bonds is 0. The minimum atomic E-state index is 0. The monoisotopic (exact) mass is 256 g/mol. The van der Waals surface area contributed by atoms with Gasteiger partial charge in [0.15, 0.2) is 0 Å². The van der Waals surface area contributed by atoms with Crippen molar-refractivity contribution in [1.29, 1.82) is 0 Å². The van der Waals surface area contributed by atoms with Crippen LogP contribution in [-0.4, -0.2) is 4.98 Å². The Morgan fingerprint density at radius 2 is 2.22 bits per heavy atom. The van der Waals surface area contributed by atoms with Gasteiger partial charge in [0.25, 0.3) is 0 Å². The first-order chi connectivity index (χ1) is 3.80. The van der Waals surface area contributed by atoms with Crippen LogP contribution in [0.25, 0.3) is 0 Å². The van der Waals surface area contributed by atoms with Crippen molar-refractivity contribution in [2.75, 3.05) is 0 Å². The van der Waals surface area contributed by atoms with Gasteiger partial charge >= 0.3 is 66.3 Å². The maximum absolute atomic E-state index is 3.92. The molecule has 0 bridgehead atoms. The van der Waals surface area contributed by atoms with Crippen LogP contribution in [0.4, 0.5) is 0 Å². The molecular weight excluding hydrogens is 255 g/mol. The SMILES string of the molecule is Cl.[Zn][c]1ccncc1Br. The standard InChI is InChI=1S/C5H3BrN.ClH.Zn/c6-5-2-1-3-7-4-5;;/h1,3-4H;1H;. The first-order valence-electron chi connectivity index (χ1n) is 2.22. The summed E-state index contributed by atoms with van der Waals surface area (Å²) >= 11 is 4.55. The van der Waals surface area contributed by atoms with Gasteiger partial charge in [0.05, 0.1) is 0 Å². The first-order valence-corrected chi connectivity index (χ1v) is 4.50. The van der Waals surface area contributed by atoms with E-state index >= 15 is 0 Å². The van der Waals surface area contributed by atoms with Crippen molar-refractivity contribution in [3.8, 4) is 0 Å². The zero-order valence-electron chi connectivity index (χ0n) is 4.67. The van der Waals surface area contributed by atoms with Gasteiger partial charge < -0.3 is 0 Å². The van der Waals surface area contributed by atoms with Crippen LogP contribution in [0.2, 0.25) is 0 Å². The van der Waals surface area contributed by atoms with Crippen LogP contribution in [0.5, 0.6) is 0 Å². The molecule has 1 nitrogen and oxygen atoms in total. The van der Waals surface area contributed by atoms with E-state index in [1.165, 1.54) is 22.5 Å². The summed E-state index contributed by atoms with van der Waals surface area (Å²) in [5.41, 5.74) is 0. The zero-order chi connectivity index (χ0) is 5.98. The Morgan fingerprint density at radius 3 is 2.56 bits per heavy atom. The molecule has 0 N–H and O–H groups in total. The molecule has 1 rings (SSSR count). The molecule has 0 aromatic carbocycles. The molecule has 1 aromatic heterocycles. The van der Waals surface area contributed by atoms with Crippen molar-refractivity contribution in [2.24, 2.45) is 0 Å². The number of aromatic nitrogens is 1. The van der Waals surface area contributed by atoms with Gasteiger partial charge in [-0.05, 0) is 0 Å². The van der Waals surface area contributed by atoms with Crippen LogP contribution in [0.1, 0.15) is 0 Å². The molecule has 0 radical (unpaired) electrons. The van der Waals surface area contributed by atoms with Crippen molar-refractivity contribution in [1.82, 2.24) is 4.98 Å². The molecule has 0 aliphatic heterocycles.